The zero-order chi connectivity index (χ0) is 12.0. The predicted octanol–water partition coefficient (Wildman–Crippen LogP) is 1.67. The first kappa shape index (κ1) is 13.1. The molecule has 0 aliphatic heterocycles. The van der Waals surface area contributed by atoms with Gasteiger partial charge in [0.1, 0.15) is 6.61 Å². The number of aromatic nitrogens is 2. The van der Waals surface area contributed by atoms with Gasteiger partial charge in [-0.25, -0.2) is 0 Å². The van der Waals surface area contributed by atoms with Crippen LogP contribution in [-0.4, -0.2) is 22.3 Å². The molecule has 0 aliphatic carbocycles. The average molecular weight is 227 g/mol. The normalized spacial score (nSPS) is 12.0. The van der Waals surface area contributed by atoms with Gasteiger partial charge in [-0.2, -0.15) is 4.98 Å². The van der Waals surface area contributed by atoms with Gasteiger partial charge in [0, 0.05) is 12.0 Å². The molecular formula is C11H21N3O2. The Kier molecular flexibility index (Phi) is 4.89. The van der Waals surface area contributed by atoms with Crippen molar-refractivity contribution in [3.8, 4) is 0 Å². The zero-order valence-corrected chi connectivity index (χ0v) is 10.3. The molecular weight excluding hydrogens is 206 g/mol. The summed E-state index contributed by atoms with van der Waals surface area (Å²) in [5.41, 5.74) is 5.86. The van der Waals surface area contributed by atoms with Gasteiger partial charge in [0.25, 0.3) is 0 Å². The maximum Gasteiger partial charge on any atom is 0.226 e. The van der Waals surface area contributed by atoms with Crippen LogP contribution in [0.15, 0.2) is 4.52 Å². The van der Waals surface area contributed by atoms with Crippen molar-refractivity contribution in [2.45, 2.75) is 52.2 Å². The summed E-state index contributed by atoms with van der Waals surface area (Å²) in [5.74, 6) is 1.23. The smallest absolute Gasteiger partial charge is 0.226 e. The Morgan fingerprint density at radius 2 is 2.00 bits per heavy atom. The molecule has 1 aromatic heterocycles. The summed E-state index contributed by atoms with van der Waals surface area (Å²) in [6.45, 7) is 6.99. The first-order valence-electron chi connectivity index (χ1n) is 5.81. The standard InChI is InChI=1S/C11H21N3O2/c1-4-10-13-9(14-16-10)7-15-8-11(12,5-2)6-3/h4-8,12H2,1-3H3. The summed E-state index contributed by atoms with van der Waals surface area (Å²) in [5, 5.41) is 3.81. The van der Waals surface area contributed by atoms with Gasteiger partial charge in [0.15, 0.2) is 5.82 Å². The third-order valence-corrected chi connectivity index (χ3v) is 2.84. The van der Waals surface area contributed by atoms with Crippen LogP contribution < -0.4 is 5.73 Å². The van der Waals surface area contributed by atoms with Crippen molar-refractivity contribution in [3.63, 3.8) is 0 Å². The van der Waals surface area contributed by atoms with Crippen LogP contribution in [0, 0.1) is 0 Å². The van der Waals surface area contributed by atoms with E-state index in [1.807, 2.05) is 6.92 Å². The third-order valence-electron chi connectivity index (χ3n) is 2.84. The van der Waals surface area contributed by atoms with E-state index in [4.69, 9.17) is 15.0 Å². The van der Waals surface area contributed by atoms with Crippen LogP contribution in [0.25, 0.3) is 0 Å². The number of aryl methyl sites for hydroxylation is 1. The number of ether oxygens (including phenoxy) is 1. The molecule has 0 radical (unpaired) electrons. The van der Waals surface area contributed by atoms with Crippen LogP contribution >= 0.6 is 0 Å². The quantitative estimate of drug-likeness (QED) is 0.767. The summed E-state index contributed by atoms with van der Waals surface area (Å²) in [6, 6.07) is 0. The Hall–Kier alpha value is -0.940. The third kappa shape index (κ3) is 3.57. The second-order valence-electron chi connectivity index (χ2n) is 4.02. The number of rotatable bonds is 7. The second-order valence-corrected chi connectivity index (χ2v) is 4.02. The van der Waals surface area contributed by atoms with Gasteiger partial charge in [-0.1, -0.05) is 25.9 Å². The number of nitrogens with zero attached hydrogens (tertiary/aromatic N) is 2. The highest BCUT2D eigenvalue weighted by atomic mass is 16.5. The SMILES string of the molecule is CCc1nc(COCC(N)(CC)CC)no1. The van der Waals surface area contributed by atoms with Crippen molar-refractivity contribution >= 4 is 0 Å². The van der Waals surface area contributed by atoms with E-state index in [-0.39, 0.29) is 5.54 Å². The minimum absolute atomic E-state index is 0.239. The van der Waals surface area contributed by atoms with Crippen molar-refractivity contribution in [3.05, 3.63) is 11.7 Å². The molecule has 0 unspecified atom stereocenters. The Bertz CT molecular complexity index is 308. The highest BCUT2D eigenvalue weighted by Crippen LogP contribution is 2.12. The van der Waals surface area contributed by atoms with E-state index in [9.17, 15) is 0 Å². The fraction of sp³-hybridized carbons (Fsp3) is 0.818. The Morgan fingerprint density at radius 3 is 2.50 bits per heavy atom. The summed E-state index contributed by atoms with van der Waals surface area (Å²) in [7, 11) is 0. The van der Waals surface area contributed by atoms with Crippen LogP contribution in [-0.2, 0) is 17.8 Å². The fourth-order valence-corrected chi connectivity index (χ4v) is 1.29. The van der Waals surface area contributed by atoms with Gasteiger partial charge in [0.05, 0.1) is 6.61 Å². The molecule has 1 aromatic rings. The van der Waals surface area contributed by atoms with Crippen molar-refractivity contribution in [1.29, 1.82) is 0 Å². The Balaban J connectivity index is 2.35. The lowest BCUT2D eigenvalue weighted by atomic mass is 9.96. The van der Waals surface area contributed by atoms with E-state index < -0.39 is 0 Å². The van der Waals surface area contributed by atoms with Crippen molar-refractivity contribution in [2.75, 3.05) is 6.61 Å². The fourth-order valence-electron chi connectivity index (χ4n) is 1.29. The number of nitrogens with two attached hydrogens (primary N) is 1. The minimum atomic E-state index is -0.239. The summed E-state index contributed by atoms with van der Waals surface area (Å²) in [6.07, 6.45) is 2.55. The van der Waals surface area contributed by atoms with Gasteiger partial charge in [-0.15, -0.1) is 0 Å². The molecule has 0 aromatic carbocycles. The van der Waals surface area contributed by atoms with Gasteiger partial charge >= 0.3 is 0 Å². The van der Waals surface area contributed by atoms with E-state index in [2.05, 4.69) is 24.0 Å². The van der Waals surface area contributed by atoms with Crippen LogP contribution in [0.3, 0.4) is 0 Å². The van der Waals surface area contributed by atoms with Gasteiger partial charge in [-0.05, 0) is 12.8 Å². The lowest BCUT2D eigenvalue weighted by Gasteiger charge is -2.25. The Morgan fingerprint density at radius 1 is 1.31 bits per heavy atom. The maximum absolute atomic E-state index is 6.10. The molecule has 1 heterocycles. The molecule has 5 heteroatoms. The summed E-state index contributed by atoms with van der Waals surface area (Å²) in [4.78, 5) is 4.16. The van der Waals surface area contributed by atoms with Crippen molar-refractivity contribution < 1.29 is 9.26 Å². The maximum atomic E-state index is 6.10. The largest absolute Gasteiger partial charge is 0.371 e. The van der Waals surface area contributed by atoms with Crippen LogP contribution in [0.2, 0.25) is 0 Å². The molecule has 0 saturated carbocycles. The second kappa shape index (κ2) is 5.96. The molecule has 0 aliphatic rings. The molecule has 5 nitrogen and oxygen atoms in total. The highest BCUT2D eigenvalue weighted by molar-refractivity contribution is 4.85. The first-order chi connectivity index (χ1) is 7.63. The molecule has 16 heavy (non-hydrogen) atoms. The molecule has 0 fully saturated rings. The van der Waals surface area contributed by atoms with Gasteiger partial charge in [-0.3, -0.25) is 0 Å². The molecule has 0 saturated heterocycles. The van der Waals surface area contributed by atoms with E-state index >= 15 is 0 Å². The topological polar surface area (TPSA) is 74.2 Å². The molecule has 2 N–H and O–H groups in total. The van der Waals surface area contributed by atoms with E-state index in [1.54, 1.807) is 0 Å². The summed E-state index contributed by atoms with van der Waals surface area (Å²) < 4.78 is 10.5. The molecule has 1 rings (SSSR count). The predicted molar refractivity (Wildman–Crippen MR) is 60.8 cm³/mol. The molecule has 0 spiro atoms. The highest BCUT2D eigenvalue weighted by Gasteiger charge is 2.20. The van der Waals surface area contributed by atoms with E-state index in [0.717, 1.165) is 19.3 Å². The van der Waals surface area contributed by atoms with Gasteiger partial charge < -0.3 is 15.0 Å². The van der Waals surface area contributed by atoms with Crippen molar-refractivity contribution in [2.24, 2.45) is 5.73 Å². The summed E-state index contributed by atoms with van der Waals surface area (Å²) >= 11 is 0. The monoisotopic (exact) mass is 227 g/mol. The Labute approximate surface area is 96.4 Å². The number of hydrogen-bond donors (Lipinski definition) is 1. The zero-order valence-electron chi connectivity index (χ0n) is 10.3. The van der Waals surface area contributed by atoms with E-state index in [1.165, 1.54) is 0 Å². The van der Waals surface area contributed by atoms with Crippen LogP contribution in [0.1, 0.15) is 45.3 Å². The molecule has 0 atom stereocenters. The molecule has 0 bridgehead atoms. The minimum Gasteiger partial charge on any atom is -0.371 e. The van der Waals surface area contributed by atoms with Crippen LogP contribution in [0.5, 0.6) is 0 Å². The molecule has 92 valence electrons. The first-order valence-corrected chi connectivity index (χ1v) is 5.81. The van der Waals surface area contributed by atoms with E-state index in [0.29, 0.717) is 24.9 Å². The van der Waals surface area contributed by atoms with Gasteiger partial charge in [0.2, 0.25) is 5.89 Å². The average Bonchev–Trinajstić information content (AvgIpc) is 2.77. The lowest BCUT2D eigenvalue weighted by molar-refractivity contribution is 0.0646. The van der Waals surface area contributed by atoms with Crippen molar-refractivity contribution in [1.82, 2.24) is 10.1 Å². The van der Waals surface area contributed by atoms with Crippen LogP contribution in [0.4, 0.5) is 0 Å². The lowest BCUT2D eigenvalue weighted by Crippen LogP contribution is -2.43. The number of hydrogen-bond acceptors (Lipinski definition) is 5. The molecule has 0 amide bonds.